The molecular formula is C11H12ClN3O. The summed E-state index contributed by atoms with van der Waals surface area (Å²) in [5.41, 5.74) is 1.06. The second kappa shape index (κ2) is 6.70. The largest absolute Gasteiger partial charge is 0.338 e. The Morgan fingerprint density at radius 3 is 2.94 bits per heavy atom. The van der Waals surface area contributed by atoms with E-state index in [1.807, 2.05) is 24.3 Å². The molecule has 0 aliphatic heterocycles. The molecular weight excluding hydrogens is 226 g/mol. The van der Waals surface area contributed by atoms with Gasteiger partial charge in [-0.1, -0.05) is 23.7 Å². The highest BCUT2D eigenvalue weighted by Gasteiger charge is 1.98. The van der Waals surface area contributed by atoms with Gasteiger partial charge >= 0.3 is 6.03 Å². The van der Waals surface area contributed by atoms with E-state index in [1.54, 1.807) is 6.07 Å². The Morgan fingerprint density at radius 2 is 2.25 bits per heavy atom. The lowest BCUT2D eigenvalue weighted by Gasteiger charge is -2.05. The van der Waals surface area contributed by atoms with Crippen molar-refractivity contribution in [1.82, 2.24) is 10.6 Å². The quantitative estimate of drug-likeness (QED) is 0.783. The molecule has 2 amide bonds. The van der Waals surface area contributed by atoms with Gasteiger partial charge in [0.25, 0.3) is 0 Å². The molecule has 0 saturated carbocycles. The first kappa shape index (κ1) is 12.3. The number of nitrogens with zero attached hydrogens (tertiary/aromatic N) is 1. The molecule has 16 heavy (non-hydrogen) atoms. The Labute approximate surface area is 99.2 Å². The van der Waals surface area contributed by atoms with Crippen LogP contribution < -0.4 is 10.6 Å². The fraction of sp³-hybridized carbons (Fsp3) is 0.273. The second-order valence-corrected chi connectivity index (χ2v) is 3.58. The maximum Gasteiger partial charge on any atom is 0.315 e. The van der Waals surface area contributed by atoms with Gasteiger partial charge in [0.1, 0.15) is 6.54 Å². The summed E-state index contributed by atoms with van der Waals surface area (Å²) >= 11 is 5.82. The van der Waals surface area contributed by atoms with Crippen molar-refractivity contribution in [3.8, 4) is 6.07 Å². The first-order chi connectivity index (χ1) is 7.72. The number of nitriles is 1. The van der Waals surface area contributed by atoms with Crippen LogP contribution in [0.3, 0.4) is 0 Å². The van der Waals surface area contributed by atoms with E-state index >= 15 is 0 Å². The van der Waals surface area contributed by atoms with Crippen LogP contribution in [0, 0.1) is 11.3 Å². The number of rotatable bonds is 4. The Balaban J connectivity index is 2.26. The lowest BCUT2D eigenvalue weighted by molar-refractivity contribution is 0.242. The van der Waals surface area contributed by atoms with Gasteiger partial charge in [0.2, 0.25) is 0 Å². The highest BCUT2D eigenvalue weighted by Crippen LogP contribution is 2.10. The van der Waals surface area contributed by atoms with Crippen LogP contribution >= 0.6 is 11.6 Å². The van der Waals surface area contributed by atoms with Crippen molar-refractivity contribution >= 4 is 17.6 Å². The molecule has 0 atom stereocenters. The van der Waals surface area contributed by atoms with Crippen LogP contribution in [0.2, 0.25) is 5.02 Å². The molecule has 1 aromatic rings. The van der Waals surface area contributed by atoms with Crippen LogP contribution in [0.4, 0.5) is 4.79 Å². The minimum absolute atomic E-state index is 0.0169. The van der Waals surface area contributed by atoms with Crippen molar-refractivity contribution in [3.63, 3.8) is 0 Å². The van der Waals surface area contributed by atoms with Gasteiger partial charge in [-0.25, -0.2) is 4.79 Å². The van der Waals surface area contributed by atoms with Crippen molar-refractivity contribution < 1.29 is 4.79 Å². The van der Waals surface area contributed by atoms with Gasteiger partial charge in [-0.15, -0.1) is 0 Å². The van der Waals surface area contributed by atoms with Gasteiger partial charge in [-0.3, -0.25) is 0 Å². The van der Waals surface area contributed by atoms with Crippen LogP contribution in [0.1, 0.15) is 5.56 Å². The number of nitrogens with one attached hydrogen (secondary N) is 2. The van der Waals surface area contributed by atoms with Crippen LogP contribution in [-0.4, -0.2) is 19.1 Å². The summed E-state index contributed by atoms with van der Waals surface area (Å²) in [6, 6.07) is 8.97. The second-order valence-electron chi connectivity index (χ2n) is 3.15. The summed E-state index contributed by atoms with van der Waals surface area (Å²) in [5.74, 6) is 0. The van der Waals surface area contributed by atoms with Gasteiger partial charge < -0.3 is 10.6 Å². The third-order valence-electron chi connectivity index (χ3n) is 1.92. The number of hydrogen-bond donors (Lipinski definition) is 2. The highest BCUT2D eigenvalue weighted by atomic mass is 35.5. The van der Waals surface area contributed by atoms with Crippen molar-refractivity contribution in [2.45, 2.75) is 6.42 Å². The van der Waals surface area contributed by atoms with E-state index < -0.39 is 0 Å². The number of hydrogen-bond acceptors (Lipinski definition) is 2. The van der Waals surface area contributed by atoms with Crippen LogP contribution in [0.15, 0.2) is 24.3 Å². The average molecular weight is 238 g/mol. The molecule has 0 spiro atoms. The molecule has 0 radical (unpaired) electrons. The molecule has 1 rings (SSSR count). The zero-order chi connectivity index (χ0) is 11.8. The van der Waals surface area contributed by atoms with Crippen molar-refractivity contribution in [3.05, 3.63) is 34.9 Å². The summed E-state index contributed by atoms with van der Waals surface area (Å²) in [7, 11) is 0. The Hall–Kier alpha value is -1.73. The normalized spacial score (nSPS) is 9.25. The molecule has 0 aliphatic rings. The SMILES string of the molecule is N#CCNC(=O)NCCc1cccc(Cl)c1. The number of carbonyl (C=O) groups is 1. The van der Waals surface area contributed by atoms with Gasteiger partial charge in [0.05, 0.1) is 6.07 Å². The van der Waals surface area contributed by atoms with Crippen LogP contribution in [0.25, 0.3) is 0 Å². The molecule has 5 heteroatoms. The molecule has 0 aliphatic carbocycles. The zero-order valence-electron chi connectivity index (χ0n) is 8.66. The molecule has 0 bridgehead atoms. The molecule has 0 unspecified atom stereocenters. The first-order valence-corrected chi connectivity index (χ1v) is 5.23. The van der Waals surface area contributed by atoms with Crippen molar-refractivity contribution in [2.24, 2.45) is 0 Å². The predicted octanol–water partition coefficient (Wildman–Crippen LogP) is 1.71. The first-order valence-electron chi connectivity index (χ1n) is 4.85. The molecule has 0 heterocycles. The van der Waals surface area contributed by atoms with Crippen LogP contribution in [-0.2, 0) is 6.42 Å². The summed E-state index contributed by atoms with van der Waals surface area (Å²) in [5, 5.41) is 14.0. The minimum atomic E-state index is -0.330. The Morgan fingerprint density at radius 1 is 1.44 bits per heavy atom. The fourth-order valence-corrected chi connectivity index (χ4v) is 1.41. The highest BCUT2D eigenvalue weighted by molar-refractivity contribution is 6.30. The maximum atomic E-state index is 11.1. The number of benzene rings is 1. The van der Waals surface area contributed by atoms with Gasteiger partial charge in [-0.05, 0) is 24.1 Å². The topological polar surface area (TPSA) is 64.9 Å². The number of amides is 2. The molecule has 0 saturated heterocycles. The van der Waals surface area contributed by atoms with E-state index in [9.17, 15) is 4.79 Å². The fourth-order valence-electron chi connectivity index (χ4n) is 1.20. The zero-order valence-corrected chi connectivity index (χ0v) is 9.42. The summed E-state index contributed by atoms with van der Waals surface area (Å²) < 4.78 is 0. The van der Waals surface area contributed by atoms with E-state index in [4.69, 9.17) is 16.9 Å². The van der Waals surface area contributed by atoms with Gasteiger partial charge in [0, 0.05) is 11.6 Å². The summed E-state index contributed by atoms with van der Waals surface area (Å²) in [6.45, 7) is 0.528. The standard InChI is InChI=1S/C11H12ClN3O/c12-10-3-1-2-9(8-10)4-6-14-11(16)15-7-5-13/h1-3,8H,4,6-7H2,(H2,14,15,16). The summed E-state index contributed by atoms with van der Waals surface area (Å²) in [4.78, 5) is 11.1. The molecule has 84 valence electrons. The number of halogens is 1. The van der Waals surface area contributed by atoms with E-state index in [2.05, 4.69) is 10.6 Å². The van der Waals surface area contributed by atoms with Crippen LogP contribution in [0.5, 0.6) is 0 Å². The van der Waals surface area contributed by atoms with Gasteiger partial charge in [0.15, 0.2) is 0 Å². The third kappa shape index (κ3) is 4.67. The summed E-state index contributed by atoms with van der Waals surface area (Å²) in [6.07, 6.45) is 0.709. The predicted molar refractivity (Wildman–Crippen MR) is 62.2 cm³/mol. The van der Waals surface area contributed by atoms with E-state index in [1.165, 1.54) is 0 Å². The Kier molecular flexibility index (Phi) is 5.17. The Bertz CT molecular complexity index is 400. The minimum Gasteiger partial charge on any atom is -0.338 e. The van der Waals surface area contributed by atoms with E-state index in [0.29, 0.717) is 18.0 Å². The maximum absolute atomic E-state index is 11.1. The van der Waals surface area contributed by atoms with Crippen molar-refractivity contribution in [2.75, 3.05) is 13.1 Å². The molecule has 1 aromatic carbocycles. The molecule has 4 nitrogen and oxygen atoms in total. The monoisotopic (exact) mass is 237 g/mol. The average Bonchev–Trinajstić information content (AvgIpc) is 2.26. The lowest BCUT2D eigenvalue weighted by Crippen LogP contribution is -2.36. The van der Waals surface area contributed by atoms with Gasteiger partial charge in [-0.2, -0.15) is 5.26 Å². The number of carbonyl (C=O) groups excluding carboxylic acids is 1. The van der Waals surface area contributed by atoms with E-state index in [-0.39, 0.29) is 12.6 Å². The number of urea groups is 1. The van der Waals surface area contributed by atoms with E-state index in [0.717, 1.165) is 5.56 Å². The smallest absolute Gasteiger partial charge is 0.315 e. The lowest BCUT2D eigenvalue weighted by atomic mass is 10.1. The molecule has 0 fully saturated rings. The third-order valence-corrected chi connectivity index (χ3v) is 2.15. The molecule has 2 N–H and O–H groups in total. The molecule has 0 aromatic heterocycles. The van der Waals surface area contributed by atoms with Crippen molar-refractivity contribution in [1.29, 1.82) is 5.26 Å².